The molecule has 3 atom stereocenters. The number of nitrogens with zero attached hydrogens (tertiary/aromatic N) is 1. The minimum Gasteiger partial charge on any atom is -0.539 e. The van der Waals surface area contributed by atoms with E-state index in [0.29, 0.717) is 11.7 Å². The van der Waals surface area contributed by atoms with Crippen LogP contribution in [0.15, 0.2) is 11.7 Å². The summed E-state index contributed by atoms with van der Waals surface area (Å²) in [5.74, 6) is 0.889. The Hall–Kier alpha value is 0.0169. The van der Waals surface area contributed by atoms with E-state index in [1.165, 1.54) is 38.5 Å². The molecule has 0 unspecified atom stereocenters. The Morgan fingerprint density at radius 1 is 0.973 bits per heavy atom. The monoisotopic (exact) mass is 569 g/mol. The van der Waals surface area contributed by atoms with Crippen LogP contribution < -0.4 is 0 Å². The van der Waals surface area contributed by atoms with Crippen molar-refractivity contribution in [2.45, 2.75) is 154 Å². The topological polar surface area (TPSA) is 46.6 Å². The van der Waals surface area contributed by atoms with Crippen molar-refractivity contribution in [3.05, 3.63) is 11.7 Å². The van der Waals surface area contributed by atoms with E-state index in [-0.39, 0.29) is 33.2 Å². The van der Waals surface area contributed by atoms with Crippen LogP contribution in [0.5, 0.6) is 0 Å². The van der Waals surface area contributed by atoms with Gasteiger partial charge in [-0.15, -0.1) is 0 Å². The van der Waals surface area contributed by atoms with E-state index in [1.807, 2.05) is 0 Å². The molecule has 4 fully saturated rings. The first kappa shape index (κ1) is 30.0. The first-order valence-electron chi connectivity index (χ1n) is 15.2. The summed E-state index contributed by atoms with van der Waals surface area (Å²) in [6, 6.07) is 0.422. The number of hydrogen-bond acceptors (Lipinski definition) is 4. The molecule has 4 rings (SSSR count). The Labute approximate surface area is 234 Å². The minimum absolute atomic E-state index is 0.0137. The molecule has 0 heterocycles. The van der Waals surface area contributed by atoms with Crippen molar-refractivity contribution >= 4 is 30.1 Å². The molecule has 4 nitrogen and oxygen atoms in total. The number of fused-ring (bicyclic) bond motifs is 2. The highest BCUT2D eigenvalue weighted by molar-refractivity contribution is 8.03. The zero-order chi connectivity index (χ0) is 27.3. The predicted molar refractivity (Wildman–Crippen MR) is 162 cm³/mol. The maximum atomic E-state index is 14.6. The van der Waals surface area contributed by atoms with E-state index < -0.39 is 18.3 Å². The lowest BCUT2D eigenvalue weighted by atomic mass is 9.70. The second-order valence-electron chi connectivity index (χ2n) is 14.9. The number of hydrogen-bond donors (Lipinski definition) is 0. The lowest BCUT2D eigenvalue weighted by Gasteiger charge is -2.46. The van der Waals surface area contributed by atoms with Crippen molar-refractivity contribution in [3.8, 4) is 0 Å². The summed E-state index contributed by atoms with van der Waals surface area (Å²) in [4.78, 5) is 0. The highest BCUT2D eigenvalue weighted by atomic mass is 32.2. The fourth-order valence-electron chi connectivity index (χ4n) is 7.95. The van der Waals surface area contributed by atoms with E-state index in [2.05, 4.69) is 58.6 Å². The molecule has 7 heteroatoms. The fourth-order valence-corrected chi connectivity index (χ4v) is 14.0. The van der Waals surface area contributed by atoms with E-state index in [0.717, 1.165) is 50.0 Å². The lowest BCUT2D eigenvalue weighted by Crippen LogP contribution is -2.54. The largest absolute Gasteiger partial charge is 0.539 e. The van der Waals surface area contributed by atoms with Crippen LogP contribution in [0.25, 0.3) is 0 Å². The van der Waals surface area contributed by atoms with Crippen molar-refractivity contribution in [1.29, 1.82) is 0 Å². The summed E-state index contributed by atoms with van der Waals surface area (Å²) in [6.07, 6.45) is 14.6. The summed E-state index contributed by atoms with van der Waals surface area (Å²) in [6.45, 7) is 20.4. The summed E-state index contributed by atoms with van der Waals surface area (Å²) in [5.41, 5.74) is -0.206. The molecule has 0 spiro atoms. The van der Waals surface area contributed by atoms with Crippen LogP contribution >= 0.6 is 11.8 Å². The van der Waals surface area contributed by atoms with E-state index in [9.17, 15) is 8.42 Å². The summed E-state index contributed by atoms with van der Waals surface area (Å²) < 4.78 is 37.9. The minimum atomic E-state index is -3.39. The molecule has 0 radical (unpaired) electrons. The van der Waals surface area contributed by atoms with Crippen LogP contribution in [0, 0.1) is 16.7 Å². The molecule has 0 aromatic heterocycles. The van der Waals surface area contributed by atoms with Crippen molar-refractivity contribution in [2.24, 2.45) is 16.7 Å². The van der Waals surface area contributed by atoms with Gasteiger partial charge in [0.15, 0.2) is 0 Å². The highest BCUT2D eigenvalue weighted by Crippen LogP contribution is 2.69. The van der Waals surface area contributed by atoms with Gasteiger partial charge in [-0.2, -0.15) is 4.31 Å². The SMILES string of the molecule is C=C(O[Si](C)(C)C(C)(C)C)S[C@@H]1C[C@H]2CC[C@]1(CS(=O)(=O)N(C1CCCCC1)C1CCCCC1)C2(C)C. The van der Waals surface area contributed by atoms with Gasteiger partial charge in [0.2, 0.25) is 10.0 Å². The lowest BCUT2D eigenvalue weighted by molar-refractivity contribution is 0.143. The van der Waals surface area contributed by atoms with Gasteiger partial charge in [-0.3, -0.25) is 0 Å². The molecule has 0 aliphatic heterocycles. The molecule has 214 valence electrons. The van der Waals surface area contributed by atoms with Crippen molar-refractivity contribution in [2.75, 3.05) is 5.75 Å². The Morgan fingerprint density at radius 2 is 1.49 bits per heavy atom. The molecular formula is C30H55NO3S2Si. The molecule has 37 heavy (non-hydrogen) atoms. The molecule has 0 saturated heterocycles. The normalized spacial score (nSPS) is 31.7. The van der Waals surface area contributed by atoms with E-state index in [1.54, 1.807) is 11.8 Å². The Bertz CT molecular complexity index is 911. The summed E-state index contributed by atoms with van der Waals surface area (Å²) in [7, 11) is -5.37. The molecule has 2 bridgehead atoms. The standard InChI is InChI=1S/C30H55NO3S2Si/c1-23(34-37(7,8)28(2,3)4)35-27-21-24-19-20-30(27,29(24,5)6)22-36(32,33)31(25-15-11-9-12-16-25)26-17-13-10-14-18-26/h24-27H,1,9-22H2,2-8H3/t24-,27-,30-/m1/s1. The molecular weight excluding hydrogens is 515 g/mol. The van der Waals surface area contributed by atoms with Gasteiger partial charge in [0.05, 0.1) is 5.75 Å². The second-order valence-corrected chi connectivity index (χ2v) is 22.7. The second kappa shape index (κ2) is 10.8. The van der Waals surface area contributed by atoms with Gasteiger partial charge in [0.25, 0.3) is 8.32 Å². The number of thioether (sulfide) groups is 1. The summed E-state index contributed by atoms with van der Waals surface area (Å²) in [5, 5.41) is 1.19. The smallest absolute Gasteiger partial charge is 0.251 e. The highest BCUT2D eigenvalue weighted by Gasteiger charge is 2.66. The first-order chi connectivity index (χ1) is 17.1. The third kappa shape index (κ3) is 5.77. The van der Waals surface area contributed by atoms with E-state index in [4.69, 9.17) is 4.43 Å². The zero-order valence-electron chi connectivity index (χ0n) is 24.9. The molecule has 0 amide bonds. The van der Waals surface area contributed by atoms with Crippen LogP contribution in [0.3, 0.4) is 0 Å². The van der Waals surface area contributed by atoms with Crippen LogP contribution in [0.4, 0.5) is 0 Å². The van der Waals surface area contributed by atoms with Crippen molar-refractivity contribution in [3.63, 3.8) is 0 Å². The van der Waals surface area contributed by atoms with Gasteiger partial charge in [-0.05, 0) is 74.4 Å². The quantitative estimate of drug-likeness (QED) is 0.206. The van der Waals surface area contributed by atoms with Gasteiger partial charge in [0, 0.05) is 22.7 Å². The van der Waals surface area contributed by atoms with Crippen LogP contribution in [-0.2, 0) is 14.4 Å². The Balaban J connectivity index is 1.60. The fraction of sp³-hybridized carbons (Fsp3) is 0.933. The van der Waals surface area contributed by atoms with Gasteiger partial charge >= 0.3 is 0 Å². The van der Waals surface area contributed by atoms with Crippen LogP contribution in [-0.4, -0.2) is 44.1 Å². The Morgan fingerprint density at radius 3 is 1.95 bits per heavy atom. The average molecular weight is 570 g/mol. The van der Waals surface area contributed by atoms with Crippen LogP contribution in [0.1, 0.15) is 118 Å². The predicted octanol–water partition coefficient (Wildman–Crippen LogP) is 8.70. The van der Waals surface area contributed by atoms with Gasteiger partial charge < -0.3 is 4.43 Å². The molecule has 4 aliphatic carbocycles. The van der Waals surface area contributed by atoms with Crippen molar-refractivity contribution < 1.29 is 12.8 Å². The zero-order valence-corrected chi connectivity index (χ0v) is 27.5. The maximum Gasteiger partial charge on any atom is 0.251 e. The maximum absolute atomic E-state index is 14.6. The molecule has 4 aliphatic rings. The molecule has 4 saturated carbocycles. The number of sulfonamides is 1. The summed E-state index contributed by atoms with van der Waals surface area (Å²) >= 11 is 1.77. The van der Waals surface area contributed by atoms with Gasteiger partial charge in [0.1, 0.15) is 5.09 Å². The average Bonchev–Trinajstić information content (AvgIpc) is 3.14. The molecule has 0 aromatic carbocycles. The van der Waals surface area contributed by atoms with Crippen LogP contribution in [0.2, 0.25) is 18.1 Å². The van der Waals surface area contributed by atoms with Gasteiger partial charge in [-0.1, -0.05) is 91.5 Å². The van der Waals surface area contributed by atoms with E-state index >= 15 is 0 Å². The van der Waals surface area contributed by atoms with Gasteiger partial charge in [-0.25, -0.2) is 8.42 Å². The van der Waals surface area contributed by atoms with Crippen molar-refractivity contribution in [1.82, 2.24) is 4.31 Å². The number of rotatable bonds is 9. The molecule has 0 N–H and O–H groups in total. The molecule has 0 aromatic rings. The first-order valence-corrected chi connectivity index (χ1v) is 20.6. The third-order valence-corrected chi connectivity index (χ3v) is 19.3. The Kier molecular flexibility index (Phi) is 8.73. The third-order valence-electron chi connectivity index (χ3n) is 11.4.